The molecule has 9 heteroatoms. The maximum absolute atomic E-state index is 13.6. The highest BCUT2D eigenvalue weighted by Gasteiger charge is 2.67. The molecule has 1 N–H and O–H groups in total. The van der Waals surface area contributed by atoms with Gasteiger partial charge in [-0.2, -0.15) is 0 Å². The summed E-state index contributed by atoms with van der Waals surface area (Å²) in [5, 5.41) is 2.96. The van der Waals surface area contributed by atoms with E-state index in [1.165, 1.54) is 0 Å². The van der Waals surface area contributed by atoms with Gasteiger partial charge in [-0.3, -0.25) is 9.59 Å². The third kappa shape index (κ3) is 3.81. The highest BCUT2D eigenvalue weighted by atomic mass is 16.6. The smallest absolute Gasteiger partial charge is 0.409 e. The van der Waals surface area contributed by atoms with Crippen LogP contribution in [0.25, 0.3) is 0 Å². The number of amides is 3. The number of hydrogen-bond acceptors (Lipinski definition) is 6. The fourth-order valence-corrected chi connectivity index (χ4v) is 5.74. The van der Waals surface area contributed by atoms with Gasteiger partial charge in [0.1, 0.15) is 11.4 Å². The van der Waals surface area contributed by atoms with Gasteiger partial charge in [0.2, 0.25) is 11.8 Å². The van der Waals surface area contributed by atoms with E-state index in [0.29, 0.717) is 51.4 Å². The molecule has 182 valence electrons. The number of fused-ring (bicyclic) bond motifs is 1. The van der Waals surface area contributed by atoms with E-state index >= 15 is 0 Å². The van der Waals surface area contributed by atoms with E-state index in [2.05, 4.69) is 5.32 Å². The first-order chi connectivity index (χ1) is 16.5. The number of carbonyl (C=O) groups is 3. The standard InChI is InChI=1S/C25H31N3O6/c1-3-32-18-7-5-16(6-8-18)26-22(29)20-19-9-12-25(34-19)15-28(23(30)21(20)25)17-10-13-27(14-11-17)24(31)33-4-2/h5-9,12,17,19-21H,3-4,10-11,13-15H2,1-2H3,(H,26,29)/t19-,20-,21-,25+/m0/s1. The van der Waals surface area contributed by atoms with Crippen molar-refractivity contribution in [1.29, 1.82) is 0 Å². The number of piperidine rings is 1. The second-order valence-corrected chi connectivity index (χ2v) is 9.23. The minimum atomic E-state index is -0.749. The summed E-state index contributed by atoms with van der Waals surface area (Å²) in [6, 6.07) is 7.22. The maximum atomic E-state index is 13.6. The van der Waals surface area contributed by atoms with Crippen molar-refractivity contribution in [2.24, 2.45) is 11.8 Å². The molecule has 34 heavy (non-hydrogen) atoms. The van der Waals surface area contributed by atoms with Gasteiger partial charge in [-0.1, -0.05) is 12.2 Å². The van der Waals surface area contributed by atoms with E-state index < -0.39 is 23.5 Å². The van der Waals surface area contributed by atoms with Crippen LogP contribution in [0.2, 0.25) is 0 Å². The Morgan fingerprint density at radius 3 is 2.56 bits per heavy atom. The fourth-order valence-electron chi connectivity index (χ4n) is 5.74. The number of rotatable bonds is 6. The number of likely N-dealkylation sites (tertiary alicyclic amines) is 2. The molecule has 0 saturated carbocycles. The molecule has 5 rings (SSSR count). The zero-order chi connectivity index (χ0) is 23.9. The molecule has 0 aromatic heterocycles. The SMILES string of the molecule is CCOC(=O)N1CCC(N2C[C@@]34C=C[C@H](O3)[C@H](C(=O)Nc3ccc(OCC)cc3)[C@H]4C2=O)CC1. The van der Waals surface area contributed by atoms with Crippen molar-refractivity contribution < 1.29 is 28.6 Å². The topological polar surface area (TPSA) is 97.4 Å². The van der Waals surface area contributed by atoms with Gasteiger partial charge in [0.15, 0.2) is 0 Å². The van der Waals surface area contributed by atoms with Gasteiger partial charge in [-0.05, 0) is 51.0 Å². The van der Waals surface area contributed by atoms with Crippen molar-refractivity contribution >= 4 is 23.6 Å². The summed E-state index contributed by atoms with van der Waals surface area (Å²) >= 11 is 0. The Morgan fingerprint density at radius 2 is 1.88 bits per heavy atom. The predicted molar refractivity (Wildman–Crippen MR) is 123 cm³/mol. The Bertz CT molecular complexity index is 987. The van der Waals surface area contributed by atoms with Crippen LogP contribution in [0.3, 0.4) is 0 Å². The summed E-state index contributed by atoms with van der Waals surface area (Å²) < 4.78 is 16.8. The summed E-state index contributed by atoms with van der Waals surface area (Å²) in [7, 11) is 0. The number of hydrogen-bond donors (Lipinski definition) is 1. The molecule has 3 fully saturated rings. The molecule has 1 aromatic carbocycles. The molecule has 9 nitrogen and oxygen atoms in total. The van der Waals surface area contributed by atoms with E-state index in [1.54, 1.807) is 24.0 Å². The third-order valence-corrected chi connectivity index (χ3v) is 7.30. The van der Waals surface area contributed by atoms with E-state index in [9.17, 15) is 14.4 Å². The number of benzene rings is 1. The largest absolute Gasteiger partial charge is 0.494 e. The highest BCUT2D eigenvalue weighted by molar-refractivity contribution is 5.99. The Hall–Kier alpha value is -3.07. The van der Waals surface area contributed by atoms with Crippen molar-refractivity contribution in [3.8, 4) is 5.75 Å². The summed E-state index contributed by atoms with van der Waals surface area (Å²) in [5.41, 5.74) is -0.0937. The Morgan fingerprint density at radius 1 is 1.15 bits per heavy atom. The van der Waals surface area contributed by atoms with Crippen LogP contribution in [0, 0.1) is 11.8 Å². The van der Waals surface area contributed by atoms with Crippen LogP contribution in [-0.4, -0.2) is 78.3 Å². The van der Waals surface area contributed by atoms with Gasteiger partial charge in [-0.25, -0.2) is 4.79 Å². The maximum Gasteiger partial charge on any atom is 0.409 e. The van der Waals surface area contributed by atoms with Gasteiger partial charge < -0.3 is 29.3 Å². The van der Waals surface area contributed by atoms with Crippen molar-refractivity contribution in [3.63, 3.8) is 0 Å². The molecule has 0 radical (unpaired) electrons. The fraction of sp³-hybridized carbons (Fsp3) is 0.560. The van der Waals surface area contributed by atoms with Gasteiger partial charge in [-0.15, -0.1) is 0 Å². The van der Waals surface area contributed by atoms with Crippen molar-refractivity contribution in [1.82, 2.24) is 9.80 Å². The average molecular weight is 470 g/mol. The number of nitrogens with zero attached hydrogens (tertiary/aromatic N) is 2. The lowest BCUT2D eigenvalue weighted by Crippen LogP contribution is -2.49. The van der Waals surface area contributed by atoms with Gasteiger partial charge in [0, 0.05) is 24.8 Å². The van der Waals surface area contributed by atoms with E-state index in [4.69, 9.17) is 14.2 Å². The number of anilines is 1. The van der Waals surface area contributed by atoms with Gasteiger partial charge in [0.05, 0.1) is 37.7 Å². The van der Waals surface area contributed by atoms with Crippen LogP contribution in [0.1, 0.15) is 26.7 Å². The van der Waals surface area contributed by atoms with Crippen LogP contribution in [-0.2, 0) is 19.1 Å². The highest BCUT2D eigenvalue weighted by Crippen LogP contribution is 2.52. The van der Waals surface area contributed by atoms with Crippen LogP contribution >= 0.6 is 0 Å². The summed E-state index contributed by atoms with van der Waals surface area (Å²) in [5.74, 6) is -0.616. The van der Waals surface area contributed by atoms with Crippen molar-refractivity contribution in [2.75, 3.05) is 38.2 Å². The molecule has 4 aliphatic rings. The average Bonchev–Trinajstić information content (AvgIpc) is 3.49. The third-order valence-electron chi connectivity index (χ3n) is 7.30. The van der Waals surface area contributed by atoms with Crippen LogP contribution in [0.15, 0.2) is 36.4 Å². The normalized spacial score (nSPS) is 29.9. The lowest BCUT2D eigenvalue weighted by Gasteiger charge is -2.37. The minimum Gasteiger partial charge on any atom is -0.494 e. The molecular formula is C25H31N3O6. The lowest BCUT2D eigenvalue weighted by molar-refractivity contribution is -0.138. The van der Waals surface area contributed by atoms with Crippen LogP contribution in [0.4, 0.5) is 10.5 Å². The summed E-state index contributed by atoms with van der Waals surface area (Å²) in [4.78, 5) is 42.4. The molecule has 4 atom stereocenters. The first kappa shape index (κ1) is 22.7. The molecule has 4 aliphatic heterocycles. The van der Waals surface area contributed by atoms with Gasteiger partial charge in [0.25, 0.3) is 0 Å². The first-order valence-corrected chi connectivity index (χ1v) is 12.1. The molecule has 1 spiro atoms. The van der Waals surface area contributed by atoms with E-state index in [0.717, 1.165) is 5.75 Å². The quantitative estimate of drug-likeness (QED) is 0.643. The van der Waals surface area contributed by atoms with E-state index in [-0.39, 0.29) is 23.9 Å². The predicted octanol–water partition coefficient (Wildman–Crippen LogP) is 2.43. The van der Waals surface area contributed by atoms with E-state index in [1.807, 2.05) is 36.1 Å². The molecule has 1 aromatic rings. The second kappa shape index (κ2) is 8.94. The second-order valence-electron chi connectivity index (χ2n) is 9.23. The monoisotopic (exact) mass is 469 g/mol. The van der Waals surface area contributed by atoms with Crippen LogP contribution < -0.4 is 10.1 Å². The van der Waals surface area contributed by atoms with Crippen molar-refractivity contribution in [3.05, 3.63) is 36.4 Å². The Labute approximate surface area is 199 Å². The summed E-state index contributed by atoms with van der Waals surface area (Å²) in [6.45, 7) is 6.16. The first-order valence-electron chi connectivity index (χ1n) is 12.1. The minimum absolute atomic E-state index is 0.0176. The zero-order valence-electron chi connectivity index (χ0n) is 19.6. The molecule has 0 aliphatic carbocycles. The number of nitrogens with one attached hydrogen (secondary N) is 1. The molecule has 2 bridgehead atoms. The molecule has 0 unspecified atom stereocenters. The molecule has 4 heterocycles. The van der Waals surface area contributed by atoms with Gasteiger partial charge >= 0.3 is 6.09 Å². The van der Waals surface area contributed by atoms with Crippen LogP contribution in [0.5, 0.6) is 5.75 Å². The zero-order valence-corrected chi connectivity index (χ0v) is 19.6. The molecule has 3 amide bonds. The molecular weight excluding hydrogens is 438 g/mol. The number of carbonyl (C=O) groups excluding carboxylic acids is 3. The number of ether oxygens (including phenoxy) is 3. The summed E-state index contributed by atoms with van der Waals surface area (Å²) in [6.07, 6.45) is 4.55. The lowest BCUT2D eigenvalue weighted by atomic mass is 9.76. The Kier molecular flexibility index (Phi) is 5.97. The Balaban J connectivity index is 1.26. The van der Waals surface area contributed by atoms with Crippen molar-refractivity contribution in [2.45, 2.75) is 44.4 Å². The molecule has 3 saturated heterocycles.